The minimum absolute atomic E-state index is 0. The van der Waals surface area contributed by atoms with Gasteiger partial charge in [-0.2, -0.15) is 0 Å². The molecule has 26 heavy (non-hydrogen) atoms. The van der Waals surface area contributed by atoms with Gasteiger partial charge in [0.25, 0.3) is 0 Å². The number of carbonyl (C=O) groups is 1. The van der Waals surface area contributed by atoms with Crippen molar-refractivity contribution in [3.05, 3.63) is 60.3 Å². The maximum absolute atomic E-state index is 11.6. The third-order valence-corrected chi connectivity index (χ3v) is 3.69. The van der Waals surface area contributed by atoms with Crippen molar-refractivity contribution in [3.63, 3.8) is 0 Å². The van der Waals surface area contributed by atoms with Crippen molar-refractivity contribution in [3.8, 4) is 5.75 Å². The van der Waals surface area contributed by atoms with Crippen LogP contribution in [0.4, 0.5) is 16.3 Å². The molecule has 1 heterocycles. The van der Waals surface area contributed by atoms with Gasteiger partial charge in [-0.15, -0.1) is 12.4 Å². The Bertz CT molecular complexity index is 902. The van der Waals surface area contributed by atoms with Crippen molar-refractivity contribution in [1.29, 1.82) is 0 Å². The summed E-state index contributed by atoms with van der Waals surface area (Å²) in [7, 11) is 0. The highest BCUT2D eigenvalue weighted by Gasteiger charge is 2.06. The minimum atomic E-state index is -0.268. The quantitative estimate of drug-likeness (QED) is 0.591. The molecule has 0 saturated carbocycles. The van der Waals surface area contributed by atoms with Crippen LogP contribution in [0.1, 0.15) is 12.5 Å². The summed E-state index contributed by atoms with van der Waals surface area (Å²) in [4.78, 5) is 15.9. The van der Waals surface area contributed by atoms with E-state index in [0.717, 1.165) is 22.1 Å². The zero-order valence-electron chi connectivity index (χ0n) is 14.4. The van der Waals surface area contributed by atoms with E-state index in [1.807, 2.05) is 49.4 Å². The molecule has 0 fully saturated rings. The summed E-state index contributed by atoms with van der Waals surface area (Å²) in [6, 6.07) is 14.8. The Kier molecular flexibility index (Phi) is 6.63. The van der Waals surface area contributed by atoms with E-state index in [-0.39, 0.29) is 18.4 Å². The van der Waals surface area contributed by atoms with Gasteiger partial charge in [-0.05, 0) is 36.1 Å². The smallest absolute Gasteiger partial charge is 0.320 e. The Labute approximate surface area is 158 Å². The zero-order valence-corrected chi connectivity index (χ0v) is 15.2. The van der Waals surface area contributed by atoms with Crippen LogP contribution in [0, 0.1) is 0 Å². The maximum Gasteiger partial charge on any atom is 0.320 e. The number of urea groups is 1. The first-order valence-electron chi connectivity index (χ1n) is 8.06. The van der Waals surface area contributed by atoms with Gasteiger partial charge in [-0.1, -0.05) is 24.3 Å². The van der Waals surface area contributed by atoms with Gasteiger partial charge >= 0.3 is 6.03 Å². The Morgan fingerprint density at radius 3 is 2.77 bits per heavy atom. The highest BCUT2D eigenvalue weighted by Crippen LogP contribution is 2.23. The van der Waals surface area contributed by atoms with Crippen LogP contribution in [-0.4, -0.2) is 17.6 Å². The lowest BCUT2D eigenvalue weighted by Gasteiger charge is -2.11. The summed E-state index contributed by atoms with van der Waals surface area (Å²) in [5.41, 5.74) is 7.44. The fourth-order valence-electron chi connectivity index (χ4n) is 2.52. The number of aromatic nitrogens is 1. The standard InChI is InChI=1S/C19H20N4O2.ClH/c1-2-21-19(24)23-18-9-13-5-3-6-14(17(13)11-22-18)12-25-16-8-4-7-15(20)10-16;/h3-11H,2,12,20H2,1H3,(H2,21,22,23,24);1H. The number of halogens is 1. The van der Waals surface area contributed by atoms with E-state index < -0.39 is 0 Å². The lowest BCUT2D eigenvalue weighted by atomic mass is 10.1. The number of nitrogens with one attached hydrogen (secondary N) is 2. The number of nitrogens with zero attached hydrogens (tertiary/aromatic N) is 1. The number of ether oxygens (including phenoxy) is 1. The fraction of sp³-hybridized carbons (Fsp3) is 0.158. The largest absolute Gasteiger partial charge is 0.489 e. The van der Waals surface area contributed by atoms with Gasteiger partial charge in [0.2, 0.25) is 0 Å². The molecule has 0 radical (unpaired) electrons. The Hall–Kier alpha value is -2.99. The topological polar surface area (TPSA) is 89.3 Å². The summed E-state index contributed by atoms with van der Waals surface area (Å²) in [5, 5.41) is 7.35. The van der Waals surface area contributed by atoms with E-state index in [1.165, 1.54) is 0 Å². The van der Waals surface area contributed by atoms with Gasteiger partial charge in [0.15, 0.2) is 0 Å². The Balaban J connectivity index is 0.00000243. The van der Waals surface area contributed by atoms with E-state index in [1.54, 1.807) is 12.3 Å². The number of amides is 2. The molecule has 0 aliphatic rings. The molecule has 3 aromatic rings. The summed E-state index contributed by atoms with van der Waals surface area (Å²) in [6.45, 7) is 2.83. The minimum Gasteiger partial charge on any atom is -0.489 e. The molecular weight excluding hydrogens is 352 g/mol. The van der Waals surface area contributed by atoms with Gasteiger partial charge in [0.1, 0.15) is 18.2 Å². The third-order valence-electron chi connectivity index (χ3n) is 3.69. The van der Waals surface area contributed by atoms with Gasteiger partial charge in [0, 0.05) is 29.9 Å². The summed E-state index contributed by atoms with van der Waals surface area (Å²) in [6.07, 6.45) is 1.74. The van der Waals surface area contributed by atoms with Crippen molar-refractivity contribution in [2.75, 3.05) is 17.6 Å². The molecule has 4 N–H and O–H groups in total. The molecule has 0 spiro atoms. The summed E-state index contributed by atoms with van der Waals surface area (Å²) >= 11 is 0. The first-order valence-corrected chi connectivity index (χ1v) is 8.06. The van der Waals surface area contributed by atoms with E-state index >= 15 is 0 Å². The van der Waals surface area contributed by atoms with Crippen LogP contribution in [0.5, 0.6) is 5.75 Å². The van der Waals surface area contributed by atoms with Crippen LogP contribution in [0.2, 0.25) is 0 Å². The molecule has 0 saturated heterocycles. The predicted molar refractivity (Wildman–Crippen MR) is 107 cm³/mol. The maximum atomic E-state index is 11.6. The molecule has 1 aromatic heterocycles. The van der Waals surface area contributed by atoms with Crippen LogP contribution >= 0.6 is 12.4 Å². The van der Waals surface area contributed by atoms with Crippen molar-refractivity contribution in [1.82, 2.24) is 10.3 Å². The monoisotopic (exact) mass is 372 g/mol. The average Bonchev–Trinajstić information content (AvgIpc) is 2.60. The van der Waals surface area contributed by atoms with Gasteiger partial charge in [0.05, 0.1) is 0 Å². The van der Waals surface area contributed by atoms with Gasteiger partial charge in [-0.3, -0.25) is 5.32 Å². The second-order valence-corrected chi connectivity index (χ2v) is 5.55. The van der Waals surface area contributed by atoms with Crippen LogP contribution in [0.25, 0.3) is 10.8 Å². The second-order valence-electron chi connectivity index (χ2n) is 5.55. The first kappa shape index (κ1) is 19.3. The van der Waals surface area contributed by atoms with Crippen molar-refractivity contribution < 1.29 is 9.53 Å². The fourth-order valence-corrected chi connectivity index (χ4v) is 2.52. The molecule has 3 rings (SSSR count). The highest BCUT2D eigenvalue weighted by molar-refractivity contribution is 5.92. The molecular formula is C19H21ClN4O2. The molecule has 2 amide bonds. The lowest BCUT2D eigenvalue weighted by Crippen LogP contribution is -2.28. The third kappa shape index (κ3) is 4.77. The highest BCUT2D eigenvalue weighted by atomic mass is 35.5. The van der Waals surface area contributed by atoms with Crippen LogP contribution in [0.3, 0.4) is 0 Å². The molecule has 0 aliphatic carbocycles. The van der Waals surface area contributed by atoms with Gasteiger partial charge < -0.3 is 15.8 Å². The summed E-state index contributed by atoms with van der Waals surface area (Å²) in [5.74, 6) is 1.23. The number of nitrogens with two attached hydrogens (primary N) is 1. The van der Waals surface area contributed by atoms with Gasteiger partial charge in [-0.25, -0.2) is 9.78 Å². The number of hydrogen-bond acceptors (Lipinski definition) is 4. The van der Waals surface area contributed by atoms with E-state index in [9.17, 15) is 4.79 Å². The molecule has 0 aliphatic heterocycles. The Morgan fingerprint density at radius 2 is 2.00 bits per heavy atom. The number of nitrogen functional groups attached to an aromatic ring is 1. The molecule has 7 heteroatoms. The lowest BCUT2D eigenvalue weighted by molar-refractivity contribution is 0.252. The molecule has 6 nitrogen and oxygen atoms in total. The summed E-state index contributed by atoms with van der Waals surface area (Å²) < 4.78 is 5.82. The normalized spacial score (nSPS) is 10.0. The zero-order chi connectivity index (χ0) is 17.6. The average molecular weight is 373 g/mol. The number of benzene rings is 2. The number of carbonyl (C=O) groups excluding carboxylic acids is 1. The first-order chi connectivity index (χ1) is 12.2. The van der Waals surface area contributed by atoms with E-state index in [4.69, 9.17) is 10.5 Å². The molecule has 0 bridgehead atoms. The van der Waals surface area contributed by atoms with Crippen LogP contribution in [-0.2, 0) is 6.61 Å². The predicted octanol–water partition coefficient (Wildman–Crippen LogP) is 3.96. The number of pyridine rings is 1. The van der Waals surface area contributed by atoms with Crippen molar-refractivity contribution in [2.45, 2.75) is 13.5 Å². The molecule has 136 valence electrons. The molecule has 0 unspecified atom stereocenters. The number of hydrogen-bond donors (Lipinski definition) is 3. The van der Waals surface area contributed by atoms with Crippen molar-refractivity contribution >= 4 is 40.7 Å². The molecule has 0 atom stereocenters. The number of anilines is 2. The van der Waals surface area contributed by atoms with Crippen LogP contribution < -0.4 is 21.1 Å². The number of fused-ring (bicyclic) bond motifs is 1. The van der Waals surface area contributed by atoms with Crippen LogP contribution in [0.15, 0.2) is 54.7 Å². The van der Waals surface area contributed by atoms with E-state index in [2.05, 4.69) is 15.6 Å². The van der Waals surface area contributed by atoms with Crippen molar-refractivity contribution in [2.24, 2.45) is 0 Å². The molecule has 2 aromatic carbocycles. The number of rotatable bonds is 5. The van der Waals surface area contributed by atoms with E-state index in [0.29, 0.717) is 24.7 Å². The second kappa shape index (κ2) is 8.92. The SMILES string of the molecule is CCNC(=O)Nc1cc2cccc(COc3cccc(N)c3)c2cn1.Cl. The Morgan fingerprint density at radius 1 is 1.19 bits per heavy atom.